The molecule has 3 rings (SSSR count). The summed E-state index contributed by atoms with van der Waals surface area (Å²) < 4.78 is 5.57. The van der Waals surface area contributed by atoms with Crippen LogP contribution in [0, 0.1) is 5.92 Å². The fraction of sp³-hybridized carbons (Fsp3) is 0.464. The highest BCUT2D eigenvalue weighted by Crippen LogP contribution is 2.44. The maximum Gasteiger partial charge on any atom is 0.407 e. The van der Waals surface area contributed by atoms with E-state index in [2.05, 4.69) is 34.9 Å². The van der Waals surface area contributed by atoms with Crippen molar-refractivity contribution in [3.05, 3.63) is 59.7 Å². The smallest absolute Gasteiger partial charge is 0.407 e. The summed E-state index contributed by atoms with van der Waals surface area (Å²) in [4.78, 5) is 35.9. The van der Waals surface area contributed by atoms with Gasteiger partial charge in [-0.15, -0.1) is 0 Å². The second-order valence-corrected chi connectivity index (χ2v) is 9.69. The molecule has 3 N–H and O–H groups in total. The van der Waals surface area contributed by atoms with E-state index in [1.54, 1.807) is 0 Å². The summed E-state index contributed by atoms with van der Waals surface area (Å²) >= 11 is 0. The molecule has 0 saturated carbocycles. The number of carbonyl (C=O) groups excluding carboxylic acids is 2. The van der Waals surface area contributed by atoms with Crippen molar-refractivity contribution in [3.8, 4) is 11.1 Å². The van der Waals surface area contributed by atoms with Crippen LogP contribution >= 0.6 is 0 Å². The molecule has 188 valence electrons. The Morgan fingerprint density at radius 1 is 0.886 bits per heavy atom. The number of rotatable bonds is 12. The predicted molar refractivity (Wildman–Crippen MR) is 135 cm³/mol. The van der Waals surface area contributed by atoms with Crippen molar-refractivity contribution in [3.63, 3.8) is 0 Å². The first kappa shape index (κ1) is 26.3. The zero-order valence-electron chi connectivity index (χ0n) is 20.8. The van der Waals surface area contributed by atoms with E-state index >= 15 is 0 Å². The molecule has 2 amide bonds. The standard InChI is InChI=1S/C28H36N2O5/c1-18(2)15-16-25(27(32)33)30-26(31)14-8-9-19(3)29-28(34)35-17-24-22-12-6-4-10-20(22)21-11-5-7-13-23(21)24/h4-7,10-13,18-19,24-25H,8-9,14-17H2,1-3H3,(H,29,34)(H,30,31)(H,32,33). The number of amides is 2. The number of ether oxygens (including phenoxy) is 1. The number of benzene rings is 2. The van der Waals surface area contributed by atoms with Gasteiger partial charge in [0, 0.05) is 18.4 Å². The van der Waals surface area contributed by atoms with Crippen LogP contribution in [0.15, 0.2) is 48.5 Å². The van der Waals surface area contributed by atoms with Gasteiger partial charge in [-0.3, -0.25) is 4.79 Å². The van der Waals surface area contributed by atoms with Gasteiger partial charge in [-0.05, 0) is 60.8 Å². The van der Waals surface area contributed by atoms with E-state index in [-0.39, 0.29) is 30.9 Å². The summed E-state index contributed by atoms with van der Waals surface area (Å²) in [5, 5.41) is 14.7. The van der Waals surface area contributed by atoms with Crippen LogP contribution < -0.4 is 10.6 Å². The van der Waals surface area contributed by atoms with E-state index < -0.39 is 18.1 Å². The van der Waals surface area contributed by atoms with Crippen LogP contribution in [0.4, 0.5) is 4.79 Å². The van der Waals surface area contributed by atoms with Gasteiger partial charge in [-0.2, -0.15) is 0 Å². The molecule has 1 aliphatic carbocycles. The molecular weight excluding hydrogens is 444 g/mol. The Bertz CT molecular complexity index is 990. The van der Waals surface area contributed by atoms with Crippen LogP contribution in [0.3, 0.4) is 0 Å². The zero-order valence-corrected chi connectivity index (χ0v) is 20.8. The first-order chi connectivity index (χ1) is 16.8. The molecule has 7 nitrogen and oxygen atoms in total. The molecule has 1 aliphatic rings. The fourth-order valence-electron chi connectivity index (χ4n) is 4.51. The van der Waals surface area contributed by atoms with Crippen LogP contribution in [0.5, 0.6) is 0 Å². The Labute approximate surface area is 207 Å². The molecule has 2 unspecified atom stereocenters. The summed E-state index contributed by atoms with van der Waals surface area (Å²) in [6.07, 6.45) is 2.00. The lowest BCUT2D eigenvalue weighted by Crippen LogP contribution is -2.41. The van der Waals surface area contributed by atoms with Gasteiger partial charge in [0.15, 0.2) is 0 Å². The van der Waals surface area contributed by atoms with E-state index in [0.717, 1.165) is 17.5 Å². The van der Waals surface area contributed by atoms with Crippen molar-refractivity contribution in [2.24, 2.45) is 5.92 Å². The molecule has 2 atom stereocenters. The second-order valence-electron chi connectivity index (χ2n) is 9.69. The lowest BCUT2D eigenvalue weighted by Gasteiger charge is -2.18. The number of hydrogen-bond acceptors (Lipinski definition) is 4. The lowest BCUT2D eigenvalue weighted by atomic mass is 9.98. The number of alkyl carbamates (subject to hydrolysis) is 1. The third kappa shape index (κ3) is 7.31. The highest BCUT2D eigenvalue weighted by Gasteiger charge is 2.29. The summed E-state index contributed by atoms with van der Waals surface area (Å²) in [6, 6.07) is 15.3. The Balaban J connectivity index is 1.40. The van der Waals surface area contributed by atoms with Gasteiger partial charge in [0.2, 0.25) is 5.91 Å². The highest BCUT2D eigenvalue weighted by molar-refractivity contribution is 5.83. The minimum absolute atomic E-state index is 0.00466. The van der Waals surface area contributed by atoms with Crippen molar-refractivity contribution in [2.45, 2.75) is 70.9 Å². The number of carboxylic acid groups (broad SMARTS) is 1. The zero-order chi connectivity index (χ0) is 25.4. The summed E-state index contributed by atoms with van der Waals surface area (Å²) in [7, 11) is 0. The Morgan fingerprint density at radius 3 is 2.06 bits per heavy atom. The molecule has 0 fully saturated rings. The van der Waals surface area contributed by atoms with Gasteiger partial charge in [-0.1, -0.05) is 62.4 Å². The average molecular weight is 481 g/mol. The number of carbonyl (C=O) groups is 3. The molecule has 0 saturated heterocycles. The number of fused-ring (bicyclic) bond motifs is 3. The predicted octanol–water partition coefficient (Wildman–Crippen LogP) is 5.09. The molecule has 7 heteroatoms. The van der Waals surface area contributed by atoms with Crippen LogP contribution in [-0.4, -0.2) is 41.8 Å². The minimum Gasteiger partial charge on any atom is -0.480 e. The summed E-state index contributed by atoms with van der Waals surface area (Å²) in [6.45, 7) is 6.15. The first-order valence-electron chi connectivity index (χ1n) is 12.4. The SMILES string of the molecule is CC(C)CCC(NC(=O)CCCC(C)NC(=O)OCC1c2ccccc2-c2ccccc21)C(=O)O. The average Bonchev–Trinajstić information content (AvgIpc) is 3.14. The number of nitrogens with one attached hydrogen (secondary N) is 2. The molecular formula is C28H36N2O5. The van der Waals surface area contributed by atoms with Crippen molar-refractivity contribution in [1.29, 1.82) is 0 Å². The van der Waals surface area contributed by atoms with Crippen LogP contribution in [-0.2, 0) is 14.3 Å². The van der Waals surface area contributed by atoms with E-state index in [4.69, 9.17) is 4.74 Å². The largest absolute Gasteiger partial charge is 0.480 e. The molecule has 0 heterocycles. The van der Waals surface area contributed by atoms with Gasteiger partial charge in [-0.25, -0.2) is 9.59 Å². The van der Waals surface area contributed by atoms with Gasteiger partial charge in [0.05, 0.1) is 0 Å². The fourth-order valence-corrected chi connectivity index (χ4v) is 4.51. The summed E-state index contributed by atoms with van der Waals surface area (Å²) in [5.74, 6) is -0.914. The van der Waals surface area contributed by atoms with Gasteiger partial charge < -0.3 is 20.5 Å². The molecule has 0 spiro atoms. The third-order valence-corrected chi connectivity index (χ3v) is 6.41. The monoisotopic (exact) mass is 480 g/mol. The topological polar surface area (TPSA) is 105 Å². The first-order valence-corrected chi connectivity index (χ1v) is 12.4. The van der Waals surface area contributed by atoms with Crippen molar-refractivity contribution >= 4 is 18.0 Å². The minimum atomic E-state index is -1.01. The van der Waals surface area contributed by atoms with E-state index in [1.807, 2.05) is 45.0 Å². The van der Waals surface area contributed by atoms with Crippen molar-refractivity contribution in [2.75, 3.05) is 6.61 Å². The number of carboxylic acids is 1. The summed E-state index contributed by atoms with van der Waals surface area (Å²) in [5.41, 5.74) is 4.68. The second kappa shape index (κ2) is 12.4. The Kier molecular flexibility index (Phi) is 9.29. The molecule has 0 aliphatic heterocycles. The maximum absolute atomic E-state index is 12.4. The molecule has 0 bridgehead atoms. The van der Waals surface area contributed by atoms with Gasteiger partial charge in [0.25, 0.3) is 0 Å². The molecule has 0 aromatic heterocycles. The third-order valence-electron chi connectivity index (χ3n) is 6.41. The number of aliphatic carboxylic acids is 1. The quantitative estimate of drug-likeness (QED) is 0.392. The van der Waals surface area contributed by atoms with Crippen LogP contribution in [0.1, 0.15) is 69.9 Å². The lowest BCUT2D eigenvalue weighted by molar-refractivity contribution is -0.142. The van der Waals surface area contributed by atoms with Crippen LogP contribution in [0.2, 0.25) is 0 Å². The van der Waals surface area contributed by atoms with Crippen molar-refractivity contribution < 1.29 is 24.2 Å². The van der Waals surface area contributed by atoms with E-state index in [9.17, 15) is 19.5 Å². The highest BCUT2D eigenvalue weighted by atomic mass is 16.5. The van der Waals surface area contributed by atoms with Crippen molar-refractivity contribution in [1.82, 2.24) is 10.6 Å². The van der Waals surface area contributed by atoms with Gasteiger partial charge in [0.1, 0.15) is 12.6 Å². The molecule has 35 heavy (non-hydrogen) atoms. The van der Waals surface area contributed by atoms with E-state index in [1.165, 1.54) is 11.1 Å². The number of hydrogen-bond donors (Lipinski definition) is 3. The molecule has 0 radical (unpaired) electrons. The van der Waals surface area contributed by atoms with Crippen LogP contribution in [0.25, 0.3) is 11.1 Å². The normalized spacial score (nSPS) is 14.1. The van der Waals surface area contributed by atoms with Gasteiger partial charge >= 0.3 is 12.1 Å². The molecule has 2 aromatic rings. The Morgan fingerprint density at radius 2 is 1.49 bits per heavy atom. The van der Waals surface area contributed by atoms with E-state index in [0.29, 0.717) is 25.2 Å². The Hall–Kier alpha value is -3.35. The maximum atomic E-state index is 12.4. The molecule has 2 aromatic carbocycles.